The van der Waals surface area contributed by atoms with Gasteiger partial charge in [-0.25, -0.2) is 0 Å². The molecule has 3 rings (SSSR count). The summed E-state index contributed by atoms with van der Waals surface area (Å²) in [5.41, 5.74) is 2.45. The third-order valence-corrected chi connectivity index (χ3v) is 4.69. The molecule has 1 aliphatic rings. The smallest absolute Gasteiger partial charge is 0.262 e. The zero-order chi connectivity index (χ0) is 17.8. The monoisotopic (exact) mass is 356 g/mol. The van der Waals surface area contributed by atoms with Crippen molar-refractivity contribution in [1.29, 1.82) is 0 Å². The van der Waals surface area contributed by atoms with Crippen LogP contribution in [-0.4, -0.2) is 37.8 Å². The number of likely N-dealkylation sites (N-methyl/N-ethyl adjacent to an activating group) is 1. The minimum Gasteiger partial charge on any atom is -0.477 e. The maximum Gasteiger partial charge on any atom is 0.262 e. The van der Waals surface area contributed by atoms with Gasteiger partial charge in [-0.3, -0.25) is 9.59 Å². The van der Waals surface area contributed by atoms with Crippen LogP contribution >= 0.6 is 11.8 Å². The molecular formula is C19H20N2O3S. The van der Waals surface area contributed by atoms with Gasteiger partial charge in [-0.05, 0) is 36.1 Å². The van der Waals surface area contributed by atoms with Gasteiger partial charge >= 0.3 is 0 Å². The van der Waals surface area contributed by atoms with Crippen LogP contribution in [0.1, 0.15) is 15.9 Å². The number of rotatable bonds is 4. The molecule has 0 saturated heterocycles. The fourth-order valence-corrected chi connectivity index (χ4v) is 3.32. The number of hydrogen-bond acceptors (Lipinski definition) is 4. The summed E-state index contributed by atoms with van der Waals surface area (Å²) in [5, 5.41) is 2.58. The third kappa shape index (κ3) is 3.64. The fraction of sp³-hybridized carbons (Fsp3) is 0.263. The number of benzene rings is 2. The number of nitrogens with one attached hydrogen (secondary N) is 1. The van der Waals surface area contributed by atoms with Crippen LogP contribution < -0.4 is 15.0 Å². The van der Waals surface area contributed by atoms with Crippen LogP contribution in [0.3, 0.4) is 0 Å². The molecule has 2 aromatic carbocycles. The van der Waals surface area contributed by atoms with Crippen LogP contribution in [-0.2, 0) is 10.5 Å². The molecule has 0 spiro atoms. The standard InChI is InChI=1S/C19H20N2O3S/c1-20-18(22)17-11-21(15-5-3-4-6-16(15)24-17)19(23)14-9-7-13(8-10-14)12-25-2/h3-10,17H,11-12H2,1-2H3,(H,20,22)/t17-/m0/s1. The molecule has 1 heterocycles. The quantitative estimate of drug-likeness (QED) is 0.915. The minimum absolute atomic E-state index is 0.139. The van der Waals surface area contributed by atoms with Gasteiger partial charge in [0.15, 0.2) is 6.10 Å². The first kappa shape index (κ1) is 17.4. The molecule has 25 heavy (non-hydrogen) atoms. The lowest BCUT2D eigenvalue weighted by molar-refractivity contribution is -0.127. The number of hydrogen-bond donors (Lipinski definition) is 1. The van der Waals surface area contributed by atoms with E-state index in [1.807, 2.05) is 48.7 Å². The summed E-state index contributed by atoms with van der Waals surface area (Å²) in [7, 11) is 1.56. The first-order valence-corrected chi connectivity index (χ1v) is 9.40. The number of ether oxygens (including phenoxy) is 1. The summed E-state index contributed by atoms with van der Waals surface area (Å²) < 4.78 is 5.74. The van der Waals surface area contributed by atoms with Crippen molar-refractivity contribution in [3.63, 3.8) is 0 Å². The summed E-state index contributed by atoms with van der Waals surface area (Å²) in [4.78, 5) is 26.7. The summed E-state index contributed by atoms with van der Waals surface area (Å²) >= 11 is 1.74. The van der Waals surface area contributed by atoms with Gasteiger partial charge in [-0.2, -0.15) is 11.8 Å². The molecular weight excluding hydrogens is 336 g/mol. The largest absolute Gasteiger partial charge is 0.477 e. The Bertz CT molecular complexity index is 776. The van der Waals surface area contributed by atoms with Gasteiger partial charge in [-0.1, -0.05) is 24.3 Å². The molecule has 0 aromatic heterocycles. The Morgan fingerprint density at radius 2 is 1.92 bits per heavy atom. The second-order valence-corrected chi connectivity index (χ2v) is 6.60. The number of nitrogens with zero attached hydrogens (tertiary/aromatic N) is 1. The van der Waals surface area contributed by atoms with Crippen LogP contribution in [0.2, 0.25) is 0 Å². The summed E-state index contributed by atoms with van der Waals surface area (Å²) in [6.07, 6.45) is 1.32. The topological polar surface area (TPSA) is 58.6 Å². The summed E-state index contributed by atoms with van der Waals surface area (Å²) in [6.45, 7) is 0.183. The van der Waals surface area contributed by atoms with Crippen molar-refractivity contribution in [3.05, 3.63) is 59.7 Å². The number of para-hydroxylation sites is 2. The van der Waals surface area contributed by atoms with Crippen molar-refractivity contribution < 1.29 is 14.3 Å². The Hall–Kier alpha value is -2.47. The Morgan fingerprint density at radius 3 is 2.60 bits per heavy atom. The summed E-state index contributed by atoms with van der Waals surface area (Å²) in [5.74, 6) is 1.06. The normalized spacial score (nSPS) is 15.9. The van der Waals surface area contributed by atoms with Gasteiger partial charge in [0.25, 0.3) is 11.8 Å². The van der Waals surface area contributed by atoms with E-state index in [0.717, 1.165) is 5.75 Å². The molecule has 2 aromatic rings. The molecule has 2 amide bonds. The van der Waals surface area contributed by atoms with Crippen LogP contribution in [0.15, 0.2) is 48.5 Å². The summed E-state index contributed by atoms with van der Waals surface area (Å²) in [6, 6.07) is 14.9. The van der Waals surface area contributed by atoms with Crippen LogP contribution in [0, 0.1) is 0 Å². The molecule has 0 unspecified atom stereocenters. The Labute approximate surface area is 151 Å². The van der Waals surface area contributed by atoms with Crippen molar-refractivity contribution in [2.45, 2.75) is 11.9 Å². The molecule has 130 valence electrons. The second kappa shape index (κ2) is 7.61. The average Bonchev–Trinajstić information content (AvgIpc) is 2.66. The lowest BCUT2D eigenvalue weighted by atomic mass is 10.1. The zero-order valence-electron chi connectivity index (χ0n) is 14.2. The molecule has 0 saturated carbocycles. The highest BCUT2D eigenvalue weighted by Crippen LogP contribution is 2.34. The van der Waals surface area contributed by atoms with E-state index in [1.54, 1.807) is 29.8 Å². The second-order valence-electron chi connectivity index (χ2n) is 5.73. The average molecular weight is 356 g/mol. The molecule has 0 bridgehead atoms. The maximum atomic E-state index is 13.0. The fourth-order valence-electron chi connectivity index (χ4n) is 2.79. The van der Waals surface area contributed by atoms with E-state index >= 15 is 0 Å². The molecule has 1 aliphatic heterocycles. The van der Waals surface area contributed by atoms with Crippen molar-refractivity contribution in [3.8, 4) is 5.75 Å². The number of fused-ring (bicyclic) bond motifs is 1. The Kier molecular flexibility index (Phi) is 5.28. The molecule has 1 N–H and O–H groups in total. The van der Waals surface area contributed by atoms with Gasteiger partial charge in [0, 0.05) is 18.4 Å². The molecule has 6 heteroatoms. The highest BCUT2D eigenvalue weighted by molar-refractivity contribution is 7.97. The van der Waals surface area contributed by atoms with E-state index in [0.29, 0.717) is 17.0 Å². The van der Waals surface area contributed by atoms with Gasteiger partial charge < -0.3 is 15.0 Å². The van der Waals surface area contributed by atoms with E-state index < -0.39 is 6.10 Å². The number of anilines is 1. The van der Waals surface area contributed by atoms with Crippen molar-refractivity contribution in [1.82, 2.24) is 5.32 Å². The SMILES string of the molecule is CNC(=O)[C@@H]1CN(C(=O)c2ccc(CSC)cc2)c2ccccc2O1. The highest BCUT2D eigenvalue weighted by atomic mass is 32.2. The predicted octanol–water partition coefficient (Wildman–Crippen LogP) is 2.70. The van der Waals surface area contributed by atoms with Crippen molar-refractivity contribution in [2.24, 2.45) is 0 Å². The molecule has 1 atom stereocenters. The van der Waals surface area contributed by atoms with Crippen molar-refractivity contribution in [2.75, 3.05) is 24.7 Å². The third-order valence-electron chi connectivity index (χ3n) is 4.07. The predicted molar refractivity (Wildman–Crippen MR) is 100 cm³/mol. The van der Waals surface area contributed by atoms with E-state index in [9.17, 15) is 9.59 Å². The van der Waals surface area contributed by atoms with E-state index in [2.05, 4.69) is 5.32 Å². The van der Waals surface area contributed by atoms with Crippen LogP contribution in [0.25, 0.3) is 0 Å². The first-order chi connectivity index (χ1) is 12.1. The lowest BCUT2D eigenvalue weighted by Crippen LogP contribution is -2.50. The van der Waals surface area contributed by atoms with Crippen LogP contribution in [0.4, 0.5) is 5.69 Å². The van der Waals surface area contributed by atoms with E-state index in [1.165, 1.54) is 5.56 Å². The molecule has 5 nitrogen and oxygen atoms in total. The Balaban J connectivity index is 1.91. The number of amides is 2. The first-order valence-electron chi connectivity index (χ1n) is 8.01. The van der Waals surface area contributed by atoms with Gasteiger partial charge in [0.05, 0.1) is 12.2 Å². The van der Waals surface area contributed by atoms with Gasteiger partial charge in [-0.15, -0.1) is 0 Å². The van der Waals surface area contributed by atoms with E-state index in [-0.39, 0.29) is 18.4 Å². The molecule has 0 radical (unpaired) electrons. The van der Waals surface area contributed by atoms with Crippen molar-refractivity contribution >= 4 is 29.3 Å². The number of carbonyl (C=O) groups is 2. The maximum absolute atomic E-state index is 13.0. The minimum atomic E-state index is -0.723. The molecule has 0 fully saturated rings. The van der Waals surface area contributed by atoms with Gasteiger partial charge in [0.2, 0.25) is 0 Å². The van der Waals surface area contributed by atoms with E-state index in [4.69, 9.17) is 4.74 Å². The van der Waals surface area contributed by atoms with Crippen LogP contribution in [0.5, 0.6) is 5.75 Å². The molecule has 0 aliphatic carbocycles. The highest BCUT2D eigenvalue weighted by Gasteiger charge is 2.33. The zero-order valence-corrected chi connectivity index (χ0v) is 15.0. The Morgan fingerprint density at radius 1 is 1.20 bits per heavy atom. The lowest BCUT2D eigenvalue weighted by Gasteiger charge is -2.34. The van der Waals surface area contributed by atoms with Gasteiger partial charge in [0.1, 0.15) is 5.75 Å². The number of carbonyl (C=O) groups excluding carboxylic acids is 2. The number of thioether (sulfide) groups is 1.